The van der Waals surface area contributed by atoms with Crippen LogP contribution in [0, 0.1) is 0 Å². The fourth-order valence-electron chi connectivity index (χ4n) is 0.246. The SMILES string of the molecule is CO/C=C/[C@H](N)C(=O)O. The van der Waals surface area contributed by atoms with Crippen molar-refractivity contribution >= 4 is 5.97 Å². The lowest BCUT2D eigenvalue weighted by atomic mass is 10.3. The van der Waals surface area contributed by atoms with Gasteiger partial charge in [0.2, 0.25) is 0 Å². The molecule has 9 heavy (non-hydrogen) atoms. The van der Waals surface area contributed by atoms with E-state index in [-0.39, 0.29) is 0 Å². The smallest absolute Gasteiger partial charge is 0.324 e. The second kappa shape index (κ2) is 3.91. The summed E-state index contributed by atoms with van der Waals surface area (Å²) in [5.74, 6) is -1.07. The molecular formula is C5H9NO3. The number of nitrogens with two attached hydrogens (primary N) is 1. The van der Waals surface area contributed by atoms with Gasteiger partial charge in [0, 0.05) is 0 Å². The quantitative estimate of drug-likeness (QED) is 0.509. The van der Waals surface area contributed by atoms with Crippen LogP contribution in [-0.4, -0.2) is 24.2 Å². The van der Waals surface area contributed by atoms with Crippen LogP contribution in [0.15, 0.2) is 12.3 Å². The summed E-state index contributed by atoms with van der Waals surface area (Å²) in [6.07, 6.45) is 2.49. The van der Waals surface area contributed by atoms with Gasteiger partial charge in [-0.15, -0.1) is 0 Å². The lowest BCUT2D eigenvalue weighted by molar-refractivity contribution is -0.137. The number of carboxylic acids is 1. The van der Waals surface area contributed by atoms with Gasteiger partial charge in [0.25, 0.3) is 0 Å². The van der Waals surface area contributed by atoms with Gasteiger partial charge >= 0.3 is 5.97 Å². The zero-order chi connectivity index (χ0) is 7.28. The lowest BCUT2D eigenvalue weighted by Crippen LogP contribution is -2.27. The predicted molar refractivity (Wildman–Crippen MR) is 31.8 cm³/mol. The van der Waals surface area contributed by atoms with Gasteiger partial charge in [0.15, 0.2) is 0 Å². The third kappa shape index (κ3) is 3.54. The maximum atomic E-state index is 9.97. The fraction of sp³-hybridized carbons (Fsp3) is 0.400. The van der Waals surface area contributed by atoms with Crippen molar-refractivity contribution in [2.75, 3.05) is 7.11 Å². The van der Waals surface area contributed by atoms with Gasteiger partial charge in [-0.05, 0) is 6.08 Å². The van der Waals surface area contributed by atoms with Crippen molar-refractivity contribution in [2.24, 2.45) is 5.73 Å². The van der Waals surface area contributed by atoms with E-state index in [9.17, 15) is 4.79 Å². The summed E-state index contributed by atoms with van der Waals surface area (Å²) in [5, 5.41) is 8.18. The third-order valence-corrected chi connectivity index (χ3v) is 0.707. The summed E-state index contributed by atoms with van der Waals surface area (Å²) in [6, 6.07) is -0.968. The van der Waals surface area contributed by atoms with Crippen LogP contribution in [0.4, 0.5) is 0 Å². The second-order valence-electron chi connectivity index (χ2n) is 1.43. The molecule has 52 valence electrons. The molecule has 0 aliphatic heterocycles. The summed E-state index contributed by atoms with van der Waals surface area (Å²) < 4.78 is 4.44. The van der Waals surface area contributed by atoms with Crippen LogP contribution in [-0.2, 0) is 9.53 Å². The monoisotopic (exact) mass is 131 g/mol. The van der Waals surface area contributed by atoms with E-state index in [0.29, 0.717) is 0 Å². The van der Waals surface area contributed by atoms with Crippen molar-refractivity contribution in [1.82, 2.24) is 0 Å². The summed E-state index contributed by atoms with van der Waals surface area (Å²) in [6.45, 7) is 0. The standard InChI is InChI=1S/C5H9NO3/c1-9-3-2-4(6)5(7)8/h2-4H,6H2,1H3,(H,7,8)/b3-2+/t4-/m0/s1. The molecule has 0 fully saturated rings. The number of carbonyl (C=O) groups is 1. The van der Waals surface area contributed by atoms with Crippen molar-refractivity contribution in [3.05, 3.63) is 12.3 Å². The Hall–Kier alpha value is -1.03. The molecule has 0 bridgehead atoms. The Kier molecular flexibility index (Phi) is 3.46. The molecule has 0 rings (SSSR count). The van der Waals surface area contributed by atoms with Crippen molar-refractivity contribution in [1.29, 1.82) is 0 Å². The van der Waals surface area contributed by atoms with Crippen LogP contribution in [0.25, 0.3) is 0 Å². The molecule has 0 aliphatic carbocycles. The van der Waals surface area contributed by atoms with Crippen LogP contribution in [0.1, 0.15) is 0 Å². The average molecular weight is 131 g/mol. The third-order valence-electron chi connectivity index (χ3n) is 0.707. The largest absolute Gasteiger partial charge is 0.505 e. The number of carboxylic acid groups (broad SMARTS) is 1. The molecule has 0 saturated carbocycles. The van der Waals surface area contributed by atoms with Crippen LogP contribution in [0.2, 0.25) is 0 Å². The van der Waals surface area contributed by atoms with Gasteiger partial charge in [-0.1, -0.05) is 0 Å². The molecule has 0 amide bonds. The Bertz CT molecular complexity index is 121. The van der Waals surface area contributed by atoms with E-state index in [0.717, 1.165) is 0 Å². The van der Waals surface area contributed by atoms with E-state index >= 15 is 0 Å². The summed E-state index contributed by atoms with van der Waals surface area (Å²) in [4.78, 5) is 9.97. The first-order valence-corrected chi connectivity index (χ1v) is 2.36. The van der Waals surface area contributed by atoms with E-state index in [1.165, 1.54) is 19.4 Å². The molecule has 3 N–H and O–H groups in total. The normalized spacial score (nSPS) is 13.6. The van der Waals surface area contributed by atoms with Gasteiger partial charge in [-0.25, -0.2) is 0 Å². The number of ether oxygens (including phenoxy) is 1. The van der Waals surface area contributed by atoms with E-state index in [4.69, 9.17) is 10.8 Å². The lowest BCUT2D eigenvalue weighted by Gasteiger charge is -1.95. The number of aliphatic carboxylic acids is 1. The Balaban J connectivity index is 3.62. The molecule has 0 aromatic rings. The number of hydrogen-bond donors (Lipinski definition) is 2. The Labute approximate surface area is 52.9 Å². The minimum atomic E-state index is -1.07. The van der Waals surface area contributed by atoms with E-state index in [1.807, 2.05) is 0 Å². The van der Waals surface area contributed by atoms with E-state index in [2.05, 4.69) is 4.74 Å². The summed E-state index contributed by atoms with van der Waals surface area (Å²) >= 11 is 0. The molecule has 0 aromatic carbocycles. The van der Waals surface area contributed by atoms with Crippen molar-refractivity contribution in [3.63, 3.8) is 0 Å². The molecule has 4 heteroatoms. The first-order chi connectivity index (χ1) is 4.18. The molecule has 4 nitrogen and oxygen atoms in total. The highest BCUT2D eigenvalue weighted by atomic mass is 16.5. The fourth-order valence-corrected chi connectivity index (χ4v) is 0.246. The highest BCUT2D eigenvalue weighted by Crippen LogP contribution is 1.81. The van der Waals surface area contributed by atoms with Gasteiger partial charge in [0.05, 0.1) is 13.4 Å². The van der Waals surface area contributed by atoms with Crippen LogP contribution in [0.3, 0.4) is 0 Å². The molecule has 0 heterocycles. The molecule has 0 saturated heterocycles. The number of methoxy groups -OCH3 is 1. The molecule has 0 aromatic heterocycles. The summed E-state index contributed by atoms with van der Waals surface area (Å²) in [7, 11) is 1.42. The van der Waals surface area contributed by atoms with E-state index < -0.39 is 12.0 Å². The Morgan fingerprint density at radius 2 is 2.44 bits per heavy atom. The Morgan fingerprint density at radius 3 is 2.78 bits per heavy atom. The molecule has 1 atom stereocenters. The first-order valence-electron chi connectivity index (χ1n) is 2.36. The molecule has 0 radical (unpaired) electrons. The zero-order valence-corrected chi connectivity index (χ0v) is 5.07. The molecule has 0 aliphatic rings. The maximum Gasteiger partial charge on any atom is 0.324 e. The molecule has 0 unspecified atom stereocenters. The van der Waals surface area contributed by atoms with Crippen molar-refractivity contribution < 1.29 is 14.6 Å². The second-order valence-corrected chi connectivity index (χ2v) is 1.43. The maximum absolute atomic E-state index is 9.97. The number of rotatable bonds is 3. The average Bonchev–Trinajstić information content (AvgIpc) is 1.82. The Morgan fingerprint density at radius 1 is 1.89 bits per heavy atom. The first kappa shape index (κ1) is 7.97. The minimum Gasteiger partial charge on any atom is -0.505 e. The van der Waals surface area contributed by atoms with Crippen molar-refractivity contribution in [3.8, 4) is 0 Å². The molecular weight excluding hydrogens is 122 g/mol. The number of hydrogen-bond acceptors (Lipinski definition) is 3. The highest BCUT2D eigenvalue weighted by molar-refractivity contribution is 5.75. The zero-order valence-electron chi connectivity index (χ0n) is 5.07. The predicted octanol–water partition coefficient (Wildman–Crippen LogP) is -0.442. The van der Waals surface area contributed by atoms with Crippen LogP contribution >= 0.6 is 0 Å². The molecule has 0 spiro atoms. The van der Waals surface area contributed by atoms with Crippen LogP contribution in [0.5, 0.6) is 0 Å². The van der Waals surface area contributed by atoms with Crippen molar-refractivity contribution in [2.45, 2.75) is 6.04 Å². The van der Waals surface area contributed by atoms with Crippen LogP contribution < -0.4 is 5.73 Å². The highest BCUT2D eigenvalue weighted by Gasteiger charge is 2.04. The van der Waals surface area contributed by atoms with E-state index in [1.54, 1.807) is 0 Å². The van der Waals surface area contributed by atoms with Gasteiger partial charge < -0.3 is 15.6 Å². The van der Waals surface area contributed by atoms with Gasteiger partial charge in [-0.2, -0.15) is 0 Å². The van der Waals surface area contributed by atoms with Gasteiger partial charge in [0.1, 0.15) is 6.04 Å². The topological polar surface area (TPSA) is 72.5 Å². The minimum absolute atomic E-state index is 0.968. The van der Waals surface area contributed by atoms with Gasteiger partial charge in [-0.3, -0.25) is 4.79 Å². The summed E-state index contributed by atoms with van der Waals surface area (Å²) in [5.41, 5.74) is 5.04.